The lowest BCUT2D eigenvalue weighted by atomic mass is 10.1. The van der Waals surface area contributed by atoms with Gasteiger partial charge in [-0.05, 0) is 30.0 Å². The molecule has 0 aromatic heterocycles. The van der Waals surface area contributed by atoms with Gasteiger partial charge in [0, 0.05) is 11.9 Å². The summed E-state index contributed by atoms with van der Waals surface area (Å²) in [5.41, 5.74) is 0.0883. The van der Waals surface area contributed by atoms with Crippen LogP contribution in [0.5, 0.6) is 0 Å². The van der Waals surface area contributed by atoms with E-state index in [1.165, 1.54) is 35.8 Å². The summed E-state index contributed by atoms with van der Waals surface area (Å²) >= 11 is 1.48. The Hall–Kier alpha value is -2.48. The van der Waals surface area contributed by atoms with Gasteiger partial charge in [-0.1, -0.05) is 30.3 Å². The molecule has 0 bridgehead atoms. The first-order chi connectivity index (χ1) is 12.7. The number of carbonyl (C=O) groups excluding carboxylic acids is 2. The van der Waals surface area contributed by atoms with Gasteiger partial charge in [0.15, 0.2) is 0 Å². The van der Waals surface area contributed by atoms with Crippen molar-refractivity contribution in [2.75, 3.05) is 25.2 Å². The molecule has 0 radical (unpaired) electrons. The highest BCUT2D eigenvalue weighted by Crippen LogP contribution is 2.29. The van der Waals surface area contributed by atoms with Gasteiger partial charge in [0.25, 0.3) is 0 Å². The SMILES string of the molecule is CSc1ccccc1NC(=O)CN(C)C(=O)Cc1cccc(C(F)(F)F)c1. The third kappa shape index (κ3) is 6.02. The number of nitrogens with one attached hydrogen (secondary N) is 1. The van der Waals surface area contributed by atoms with Gasteiger partial charge in [0.1, 0.15) is 0 Å². The molecule has 0 aliphatic carbocycles. The highest BCUT2D eigenvalue weighted by molar-refractivity contribution is 7.98. The van der Waals surface area contributed by atoms with Crippen LogP contribution in [0.1, 0.15) is 11.1 Å². The fourth-order valence-electron chi connectivity index (χ4n) is 2.41. The van der Waals surface area contributed by atoms with E-state index in [1.807, 2.05) is 18.4 Å². The number of benzene rings is 2. The maximum atomic E-state index is 12.8. The Kier molecular flexibility index (Phi) is 6.90. The summed E-state index contributed by atoms with van der Waals surface area (Å²) in [6.07, 6.45) is -2.79. The van der Waals surface area contributed by atoms with E-state index in [-0.39, 0.29) is 24.4 Å². The van der Waals surface area contributed by atoms with Gasteiger partial charge in [-0.2, -0.15) is 13.2 Å². The maximum absolute atomic E-state index is 12.8. The Bertz CT molecular complexity index is 825. The van der Waals surface area contributed by atoms with E-state index in [0.717, 1.165) is 17.0 Å². The number of hydrogen-bond donors (Lipinski definition) is 1. The second kappa shape index (κ2) is 8.94. The first-order valence-corrected chi connectivity index (χ1v) is 9.26. The minimum absolute atomic E-state index is 0.194. The van der Waals surface area contributed by atoms with Gasteiger partial charge in [-0.3, -0.25) is 9.59 Å². The van der Waals surface area contributed by atoms with E-state index in [2.05, 4.69) is 5.32 Å². The van der Waals surface area contributed by atoms with Gasteiger partial charge in [-0.15, -0.1) is 11.8 Å². The molecular formula is C19H19F3N2O2S. The van der Waals surface area contributed by atoms with Crippen molar-refractivity contribution in [1.82, 2.24) is 4.90 Å². The largest absolute Gasteiger partial charge is 0.416 e. The van der Waals surface area contributed by atoms with Gasteiger partial charge < -0.3 is 10.2 Å². The van der Waals surface area contributed by atoms with Crippen LogP contribution in [-0.4, -0.2) is 36.6 Å². The molecule has 0 heterocycles. The minimum Gasteiger partial charge on any atom is -0.336 e. The monoisotopic (exact) mass is 396 g/mol. The molecule has 0 fully saturated rings. The zero-order valence-corrected chi connectivity index (χ0v) is 15.7. The second-order valence-electron chi connectivity index (χ2n) is 5.87. The summed E-state index contributed by atoms with van der Waals surface area (Å²) in [6, 6.07) is 11.9. The average molecular weight is 396 g/mol. The normalized spacial score (nSPS) is 11.1. The molecule has 2 aromatic carbocycles. The van der Waals surface area contributed by atoms with E-state index in [4.69, 9.17) is 0 Å². The number of likely N-dealkylation sites (N-methyl/N-ethyl adjacent to an activating group) is 1. The van der Waals surface area contributed by atoms with Crippen molar-refractivity contribution in [3.05, 3.63) is 59.7 Å². The zero-order valence-electron chi connectivity index (χ0n) is 14.8. The van der Waals surface area contributed by atoms with Gasteiger partial charge in [0.05, 0.1) is 24.2 Å². The maximum Gasteiger partial charge on any atom is 0.416 e. The van der Waals surface area contributed by atoms with E-state index < -0.39 is 17.6 Å². The van der Waals surface area contributed by atoms with E-state index in [1.54, 1.807) is 12.1 Å². The average Bonchev–Trinajstić information content (AvgIpc) is 2.61. The molecule has 27 heavy (non-hydrogen) atoms. The number of alkyl halides is 3. The number of nitrogens with zero attached hydrogens (tertiary/aromatic N) is 1. The number of carbonyl (C=O) groups is 2. The third-order valence-electron chi connectivity index (χ3n) is 3.80. The van der Waals surface area contributed by atoms with Crippen molar-refractivity contribution >= 4 is 29.3 Å². The van der Waals surface area contributed by atoms with Crippen LogP contribution < -0.4 is 5.32 Å². The molecule has 1 N–H and O–H groups in total. The van der Waals surface area contributed by atoms with E-state index in [0.29, 0.717) is 5.69 Å². The van der Waals surface area contributed by atoms with Crippen LogP contribution in [0.2, 0.25) is 0 Å². The molecule has 0 saturated carbocycles. The first kappa shape index (κ1) is 20.8. The summed E-state index contributed by atoms with van der Waals surface area (Å²) < 4.78 is 38.3. The minimum atomic E-state index is -4.46. The molecule has 144 valence electrons. The van der Waals surface area contributed by atoms with Gasteiger partial charge >= 0.3 is 6.18 Å². The Balaban J connectivity index is 1.96. The summed E-state index contributed by atoms with van der Waals surface area (Å²) in [5, 5.41) is 2.74. The van der Waals surface area contributed by atoms with Crippen LogP contribution in [0.4, 0.5) is 18.9 Å². The molecule has 2 rings (SSSR count). The molecular weight excluding hydrogens is 377 g/mol. The number of para-hydroxylation sites is 1. The second-order valence-corrected chi connectivity index (χ2v) is 6.72. The molecule has 0 aliphatic heterocycles. The molecule has 4 nitrogen and oxygen atoms in total. The van der Waals surface area contributed by atoms with Crippen molar-refractivity contribution in [2.24, 2.45) is 0 Å². The predicted molar refractivity (Wildman–Crippen MR) is 99.6 cm³/mol. The molecule has 8 heteroatoms. The quantitative estimate of drug-likeness (QED) is 0.749. The molecule has 0 atom stereocenters. The molecule has 2 amide bonds. The van der Waals surface area contributed by atoms with Crippen LogP contribution in [-0.2, 0) is 22.2 Å². The number of amides is 2. The molecule has 0 spiro atoms. The topological polar surface area (TPSA) is 49.4 Å². The Morgan fingerprint density at radius 2 is 1.81 bits per heavy atom. The Morgan fingerprint density at radius 1 is 1.11 bits per heavy atom. The predicted octanol–water partition coefficient (Wildman–Crippen LogP) is 4.07. The van der Waals surface area contributed by atoms with Gasteiger partial charge in [-0.25, -0.2) is 0 Å². The summed E-state index contributed by atoms with van der Waals surface area (Å²) in [6.45, 7) is -0.194. The summed E-state index contributed by atoms with van der Waals surface area (Å²) in [5.74, 6) is -0.820. The van der Waals surface area contributed by atoms with Crippen molar-refractivity contribution < 1.29 is 22.8 Å². The highest BCUT2D eigenvalue weighted by Gasteiger charge is 2.30. The van der Waals surface area contributed by atoms with Crippen molar-refractivity contribution in [2.45, 2.75) is 17.5 Å². The molecule has 0 saturated heterocycles. The van der Waals surface area contributed by atoms with E-state index >= 15 is 0 Å². The number of anilines is 1. The number of halogens is 3. The van der Waals surface area contributed by atoms with Crippen LogP contribution in [0.15, 0.2) is 53.4 Å². The lowest BCUT2D eigenvalue weighted by molar-refractivity contribution is -0.137. The number of thioether (sulfide) groups is 1. The fourth-order valence-corrected chi connectivity index (χ4v) is 2.96. The smallest absolute Gasteiger partial charge is 0.336 e. The lowest BCUT2D eigenvalue weighted by Crippen LogP contribution is -2.35. The zero-order chi connectivity index (χ0) is 20.0. The molecule has 0 aliphatic rings. The highest BCUT2D eigenvalue weighted by atomic mass is 32.2. The summed E-state index contributed by atoms with van der Waals surface area (Å²) in [7, 11) is 1.44. The number of rotatable bonds is 6. The van der Waals surface area contributed by atoms with Gasteiger partial charge in [0.2, 0.25) is 11.8 Å². The lowest BCUT2D eigenvalue weighted by Gasteiger charge is -2.18. The number of hydrogen-bond acceptors (Lipinski definition) is 3. The van der Waals surface area contributed by atoms with Crippen LogP contribution >= 0.6 is 11.8 Å². The Morgan fingerprint density at radius 3 is 2.48 bits per heavy atom. The van der Waals surface area contributed by atoms with Crippen LogP contribution in [0, 0.1) is 0 Å². The molecule has 0 unspecified atom stereocenters. The van der Waals surface area contributed by atoms with Crippen LogP contribution in [0.25, 0.3) is 0 Å². The van der Waals surface area contributed by atoms with Crippen molar-refractivity contribution in [1.29, 1.82) is 0 Å². The first-order valence-electron chi connectivity index (χ1n) is 8.03. The standard InChI is InChI=1S/C19H19F3N2O2S/c1-24(12-17(25)23-15-8-3-4-9-16(15)27-2)18(26)11-13-6-5-7-14(10-13)19(20,21)22/h3-10H,11-12H2,1-2H3,(H,23,25). The van der Waals surface area contributed by atoms with E-state index in [9.17, 15) is 22.8 Å². The Labute approximate surface area is 159 Å². The summed E-state index contributed by atoms with van der Waals surface area (Å²) in [4.78, 5) is 26.5. The van der Waals surface area contributed by atoms with Crippen molar-refractivity contribution in [3.63, 3.8) is 0 Å². The third-order valence-corrected chi connectivity index (χ3v) is 4.59. The molecule has 2 aromatic rings. The van der Waals surface area contributed by atoms with Crippen molar-refractivity contribution in [3.8, 4) is 0 Å². The van der Waals surface area contributed by atoms with Crippen LogP contribution in [0.3, 0.4) is 0 Å². The fraction of sp³-hybridized carbons (Fsp3) is 0.263.